The van der Waals surface area contributed by atoms with E-state index in [9.17, 15) is 5.11 Å². The zero-order chi connectivity index (χ0) is 13.8. The molecule has 2 heterocycles. The number of hydrogen-bond acceptors (Lipinski definition) is 7. The van der Waals surface area contributed by atoms with Crippen molar-refractivity contribution >= 4 is 0 Å². The number of ether oxygens (including phenoxy) is 1. The average molecular weight is 264 g/mol. The lowest BCUT2D eigenvalue weighted by molar-refractivity contribution is 0.116. The molecule has 2 rings (SSSR count). The van der Waals surface area contributed by atoms with Crippen LogP contribution in [-0.4, -0.2) is 38.7 Å². The molecule has 2 aromatic heterocycles. The van der Waals surface area contributed by atoms with E-state index in [-0.39, 0.29) is 5.92 Å². The summed E-state index contributed by atoms with van der Waals surface area (Å²) in [5.74, 6) is 1.29. The SMILES string of the molecule is COc1ccc(-c2noc(CC(O)C(C)C)n2)nn1. The predicted octanol–water partition coefficient (Wildman–Crippen LogP) is 1.09. The molecule has 19 heavy (non-hydrogen) atoms. The molecule has 0 amide bonds. The van der Waals surface area contributed by atoms with E-state index in [1.165, 1.54) is 7.11 Å². The minimum Gasteiger partial charge on any atom is -0.480 e. The van der Waals surface area contributed by atoms with Crippen LogP contribution >= 0.6 is 0 Å². The van der Waals surface area contributed by atoms with Gasteiger partial charge in [0.25, 0.3) is 0 Å². The Hall–Kier alpha value is -2.02. The number of aliphatic hydroxyl groups excluding tert-OH is 1. The van der Waals surface area contributed by atoms with Crippen molar-refractivity contribution < 1.29 is 14.4 Å². The lowest BCUT2D eigenvalue weighted by atomic mass is 10.0. The van der Waals surface area contributed by atoms with E-state index in [0.29, 0.717) is 29.7 Å². The van der Waals surface area contributed by atoms with E-state index in [0.717, 1.165) is 0 Å². The zero-order valence-corrected chi connectivity index (χ0v) is 11.1. The monoisotopic (exact) mass is 264 g/mol. The number of nitrogens with zero attached hydrogens (tertiary/aromatic N) is 4. The highest BCUT2D eigenvalue weighted by Crippen LogP contribution is 2.16. The van der Waals surface area contributed by atoms with Gasteiger partial charge in [-0.2, -0.15) is 4.98 Å². The Bertz CT molecular complexity index is 524. The standard InChI is InChI=1S/C12H16N4O3/c1-7(2)9(17)6-11-13-12(16-19-11)8-4-5-10(18-3)15-14-8/h4-5,7,9,17H,6H2,1-3H3. The van der Waals surface area contributed by atoms with Crippen molar-refractivity contribution in [3.05, 3.63) is 18.0 Å². The van der Waals surface area contributed by atoms with Crippen molar-refractivity contribution in [3.63, 3.8) is 0 Å². The summed E-state index contributed by atoms with van der Waals surface area (Å²) in [6.45, 7) is 3.85. The average Bonchev–Trinajstić information content (AvgIpc) is 2.87. The summed E-state index contributed by atoms with van der Waals surface area (Å²) < 4.78 is 9.99. The first-order valence-corrected chi connectivity index (χ1v) is 5.99. The minimum atomic E-state index is -0.504. The molecule has 0 aliphatic heterocycles. The summed E-state index contributed by atoms with van der Waals surface area (Å²) >= 11 is 0. The predicted molar refractivity (Wildman–Crippen MR) is 66.4 cm³/mol. The Kier molecular flexibility index (Phi) is 4.06. The Morgan fingerprint density at radius 1 is 1.32 bits per heavy atom. The molecule has 0 aromatic carbocycles. The number of hydrogen-bond donors (Lipinski definition) is 1. The largest absolute Gasteiger partial charge is 0.480 e. The fraction of sp³-hybridized carbons (Fsp3) is 0.500. The Morgan fingerprint density at radius 3 is 2.68 bits per heavy atom. The maximum atomic E-state index is 9.76. The third-order valence-electron chi connectivity index (χ3n) is 2.70. The van der Waals surface area contributed by atoms with Crippen LogP contribution in [0.15, 0.2) is 16.7 Å². The van der Waals surface area contributed by atoms with Crippen molar-refractivity contribution in [1.29, 1.82) is 0 Å². The summed E-state index contributed by atoms with van der Waals surface area (Å²) in [5.41, 5.74) is 0.495. The number of aromatic nitrogens is 4. The first-order chi connectivity index (χ1) is 9.10. The van der Waals surface area contributed by atoms with E-state index in [1.54, 1.807) is 12.1 Å². The van der Waals surface area contributed by atoms with Gasteiger partial charge in [-0.3, -0.25) is 0 Å². The molecule has 102 valence electrons. The lowest BCUT2D eigenvalue weighted by Crippen LogP contribution is -2.17. The van der Waals surface area contributed by atoms with Crippen LogP contribution in [0, 0.1) is 5.92 Å². The smallest absolute Gasteiger partial charge is 0.233 e. The first kappa shape index (κ1) is 13.4. The molecule has 0 aliphatic carbocycles. The Labute approximate surface area is 110 Å². The van der Waals surface area contributed by atoms with Gasteiger partial charge in [-0.25, -0.2) is 0 Å². The van der Waals surface area contributed by atoms with Crippen LogP contribution in [0.3, 0.4) is 0 Å². The summed E-state index contributed by atoms with van der Waals surface area (Å²) in [6, 6.07) is 3.36. The molecule has 0 radical (unpaired) electrons. The van der Waals surface area contributed by atoms with Crippen molar-refractivity contribution in [2.24, 2.45) is 5.92 Å². The van der Waals surface area contributed by atoms with Gasteiger partial charge < -0.3 is 14.4 Å². The number of aliphatic hydroxyl groups is 1. The highest BCUT2D eigenvalue weighted by atomic mass is 16.5. The third-order valence-corrected chi connectivity index (χ3v) is 2.70. The molecule has 2 aromatic rings. The van der Waals surface area contributed by atoms with Gasteiger partial charge in [0.05, 0.1) is 19.6 Å². The van der Waals surface area contributed by atoms with Gasteiger partial charge in [0, 0.05) is 6.07 Å². The van der Waals surface area contributed by atoms with Gasteiger partial charge in [-0.05, 0) is 12.0 Å². The van der Waals surface area contributed by atoms with Crippen LogP contribution in [0.25, 0.3) is 11.5 Å². The molecular formula is C12H16N4O3. The van der Waals surface area contributed by atoms with Gasteiger partial charge in [0.1, 0.15) is 5.69 Å². The molecule has 0 aliphatic rings. The molecule has 0 spiro atoms. The lowest BCUT2D eigenvalue weighted by Gasteiger charge is -2.10. The van der Waals surface area contributed by atoms with Crippen LogP contribution in [-0.2, 0) is 6.42 Å². The molecule has 0 saturated carbocycles. The molecular weight excluding hydrogens is 248 g/mol. The van der Waals surface area contributed by atoms with Crippen LogP contribution in [0.2, 0.25) is 0 Å². The van der Waals surface area contributed by atoms with Gasteiger partial charge in [-0.1, -0.05) is 19.0 Å². The van der Waals surface area contributed by atoms with Crippen molar-refractivity contribution in [1.82, 2.24) is 20.3 Å². The normalized spacial score (nSPS) is 12.7. The Morgan fingerprint density at radius 2 is 2.11 bits per heavy atom. The maximum absolute atomic E-state index is 9.76. The quantitative estimate of drug-likeness (QED) is 0.863. The van der Waals surface area contributed by atoms with E-state index >= 15 is 0 Å². The van der Waals surface area contributed by atoms with Gasteiger partial charge in [0.15, 0.2) is 0 Å². The van der Waals surface area contributed by atoms with Crippen LogP contribution in [0.4, 0.5) is 0 Å². The molecule has 7 nitrogen and oxygen atoms in total. The molecule has 1 atom stereocenters. The van der Waals surface area contributed by atoms with Crippen molar-refractivity contribution in [3.8, 4) is 17.4 Å². The molecule has 7 heteroatoms. The fourth-order valence-corrected chi connectivity index (χ4v) is 1.40. The van der Waals surface area contributed by atoms with Crippen LogP contribution < -0.4 is 4.74 Å². The maximum Gasteiger partial charge on any atom is 0.233 e. The third kappa shape index (κ3) is 3.25. The van der Waals surface area contributed by atoms with Gasteiger partial charge >= 0.3 is 0 Å². The molecule has 1 unspecified atom stereocenters. The topological polar surface area (TPSA) is 94.2 Å². The Balaban J connectivity index is 2.11. The zero-order valence-electron chi connectivity index (χ0n) is 11.1. The molecule has 0 fully saturated rings. The fourth-order valence-electron chi connectivity index (χ4n) is 1.40. The summed E-state index contributed by atoms with van der Waals surface area (Å²) in [7, 11) is 1.52. The second-order valence-corrected chi connectivity index (χ2v) is 4.49. The van der Waals surface area contributed by atoms with Crippen LogP contribution in [0.5, 0.6) is 5.88 Å². The van der Waals surface area contributed by atoms with Crippen LogP contribution in [0.1, 0.15) is 19.7 Å². The van der Waals surface area contributed by atoms with Crippen molar-refractivity contribution in [2.45, 2.75) is 26.4 Å². The van der Waals surface area contributed by atoms with E-state index < -0.39 is 6.10 Å². The highest BCUT2D eigenvalue weighted by Gasteiger charge is 2.16. The van der Waals surface area contributed by atoms with E-state index in [2.05, 4.69) is 20.3 Å². The molecule has 0 saturated heterocycles. The van der Waals surface area contributed by atoms with E-state index in [4.69, 9.17) is 9.26 Å². The number of rotatable bonds is 5. The summed E-state index contributed by atoms with van der Waals surface area (Å²) in [5, 5.41) is 21.3. The summed E-state index contributed by atoms with van der Waals surface area (Å²) in [4.78, 5) is 4.18. The van der Waals surface area contributed by atoms with Gasteiger partial charge in [0.2, 0.25) is 17.6 Å². The highest BCUT2D eigenvalue weighted by molar-refractivity contribution is 5.47. The van der Waals surface area contributed by atoms with E-state index in [1.807, 2.05) is 13.8 Å². The van der Waals surface area contributed by atoms with Gasteiger partial charge in [-0.15, -0.1) is 10.2 Å². The first-order valence-electron chi connectivity index (χ1n) is 5.99. The molecule has 1 N–H and O–H groups in total. The second kappa shape index (κ2) is 5.75. The second-order valence-electron chi connectivity index (χ2n) is 4.49. The summed E-state index contributed by atoms with van der Waals surface area (Å²) in [6.07, 6.45) is -0.177. The van der Waals surface area contributed by atoms with Crippen molar-refractivity contribution in [2.75, 3.05) is 7.11 Å². The minimum absolute atomic E-state index is 0.135. The molecule has 0 bridgehead atoms. The number of methoxy groups -OCH3 is 1.